The topological polar surface area (TPSA) is 40.5 Å². The normalized spacial score (nSPS) is 51.5. The molecule has 8 atom stereocenters. The summed E-state index contributed by atoms with van der Waals surface area (Å²) in [5.74, 6) is 10.4. The average molecular weight is 373 g/mol. The fraction of sp³-hybridized carbons (Fsp3) is 0.920. The van der Waals surface area contributed by atoms with Crippen LogP contribution in [0.4, 0.5) is 0 Å². The van der Waals surface area contributed by atoms with Crippen LogP contribution in [-0.4, -0.2) is 22.4 Å². The van der Waals surface area contributed by atoms with Crippen LogP contribution in [0.5, 0.6) is 0 Å². The molecule has 4 rings (SSSR count). The van der Waals surface area contributed by atoms with Crippen LogP contribution in [-0.2, 0) is 0 Å². The van der Waals surface area contributed by atoms with E-state index in [9.17, 15) is 5.11 Å². The molecular weight excluding hydrogens is 332 g/mol. The maximum absolute atomic E-state index is 11.0. The minimum atomic E-state index is -0.809. The maximum Gasteiger partial charge on any atom is 0.125 e. The predicted molar refractivity (Wildman–Crippen MR) is 110 cm³/mol. The summed E-state index contributed by atoms with van der Waals surface area (Å²) in [7, 11) is 0. The maximum atomic E-state index is 11.0. The number of fused-ring (bicyclic) bond motifs is 5. The summed E-state index contributed by atoms with van der Waals surface area (Å²) in [6.07, 6.45) is 13.1. The second kappa shape index (κ2) is 7.07. The Morgan fingerprint density at radius 3 is 2.44 bits per heavy atom. The van der Waals surface area contributed by atoms with E-state index in [1.165, 1.54) is 44.9 Å². The summed E-state index contributed by atoms with van der Waals surface area (Å²) < 4.78 is 0. The van der Waals surface area contributed by atoms with Crippen molar-refractivity contribution in [2.75, 3.05) is 6.61 Å². The van der Waals surface area contributed by atoms with Gasteiger partial charge in [0.2, 0.25) is 0 Å². The summed E-state index contributed by atoms with van der Waals surface area (Å²) in [5.41, 5.74) is 0.194. The van der Waals surface area contributed by atoms with Gasteiger partial charge in [0.25, 0.3) is 0 Å². The highest BCUT2D eigenvalue weighted by Gasteiger charge is 2.60. The summed E-state index contributed by atoms with van der Waals surface area (Å²) >= 11 is 0. The highest BCUT2D eigenvalue weighted by atomic mass is 16.3. The van der Waals surface area contributed by atoms with E-state index in [4.69, 9.17) is 5.11 Å². The van der Waals surface area contributed by atoms with Crippen LogP contribution in [0.15, 0.2) is 0 Å². The monoisotopic (exact) mass is 372 g/mol. The quantitative estimate of drug-likeness (QED) is 0.656. The molecule has 2 heteroatoms. The van der Waals surface area contributed by atoms with E-state index in [0.29, 0.717) is 23.2 Å². The highest BCUT2D eigenvalue weighted by molar-refractivity contribution is 5.19. The zero-order valence-electron chi connectivity index (χ0n) is 17.8. The predicted octanol–water partition coefficient (Wildman–Crippen LogP) is 5.17. The molecule has 0 unspecified atom stereocenters. The van der Waals surface area contributed by atoms with Crippen LogP contribution in [0.1, 0.15) is 91.4 Å². The van der Waals surface area contributed by atoms with Gasteiger partial charge in [0, 0.05) is 6.42 Å². The lowest BCUT2D eigenvalue weighted by molar-refractivity contribution is -0.138. The van der Waals surface area contributed by atoms with Gasteiger partial charge in [-0.25, -0.2) is 0 Å². The first-order valence-corrected chi connectivity index (χ1v) is 11.7. The van der Waals surface area contributed by atoms with E-state index in [-0.39, 0.29) is 6.61 Å². The third kappa shape index (κ3) is 3.08. The Balaban J connectivity index is 1.53. The van der Waals surface area contributed by atoms with Crippen LogP contribution in [0.25, 0.3) is 0 Å². The van der Waals surface area contributed by atoms with Crippen molar-refractivity contribution in [1.29, 1.82) is 0 Å². The molecule has 0 aromatic heterocycles. The van der Waals surface area contributed by atoms with Gasteiger partial charge < -0.3 is 10.2 Å². The van der Waals surface area contributed by atoms with E-state index >= 15 is 0 Å². The molecule has 27 heavy (non-hydrogen) atoms. The lowest BCUT2D eigenvalue weighted by Gasteiger charge is -2.61. The van der Waals surface area contributed by atoms with Crippen LogP contribution < -0.4 is 0 Å². The molecule has 2 N–H and O–H groups in total. The molecule has 4 fully saturated rings. The molecule has 0 aromatic rings. The summed E-state index contributed by atoms with van der Waals surface area (Å²) in [6, 6.07) is 0. The van der Waals surface area contributed by atoms with Crippen molar-refractivity contribution in [3.8, 4) is 11.8 Å². The van der Waals surface area contributed by atoms with Crippen LogP contribution in [0.2, 0.25) is 0 Å². The second-order valence-corrected chi connectivity index (χ2v) is 10.9. The Hall–Kier alpha value is -0.520. The van der Waals surface area contributed by atoms with Crippen molar-refractivity contribution in [3.63, 3.8) is 0 Å². The first kappa shape index (κ1) is 19.8. The molecule has 0 saturated heterocycles. The number of hydrogen-bond acceptors (Lipinski definition) is 2. The Morgan fingerprint density at radius 1 is 0.926 bits per heavy atom. The van der Waals surface area contributed by atoms with Crippen molar-refractivity contribution in [3.05, 3.63) is 0 Å². The molecule has 0 aliphatic heterocycles. The van der Waals surface area contributed by atoms with E-state index in [1.54, 1.807) is 0 Å². The average Bonchev–Trinajstić information content (AvgIpc) is 2.99. The van der Waals surface area contributed by atoms with Crippen molar-refractivity contribution < 1.29 is 10.2 Å². The molecule has 4 aliphatic rings. The number of aliphatic hydroxyl groups excluding tert-OH is 1. The van der Waals surface area contributed by atoms with Crippen molar-refractivity contribution >= 4 is 0 Å². The molecule has 0 bridgehead atoms. The Bertz CT molecular complexity index is 618. The number of hydrogen-bond donors (Lipinski definition) is 2. The molecule has 0 amide bonds. The van der Waals surface area contributed by atoms with Gasteiger partial charge in [-0.1, -0.05) is 39.0 Å². The van der Waals surface area contributed by atoms with Crippen molar-refractivity contribution in [2.45, 2.75) is 97.0 Å². The number of rotatable bonds is 2. The fourth-order valence-electron chi connectivity index (χ4n) is 8.42. The molecule has 0 aromatic carbocycles. The van der Waals surface area contributed by atoms with Crippen LogP contribution in [0.3, 0.4) is 0 Å². The van der Waals surface area contributed by atoms with E-state index in [0.717, 1.165) is 42.9 Å². The summed E-state index contributed by atoms with van der Waals surface area (Å²) in [5, 5.41) is 20.0. The fourth-order valence-corrected chi connectivity index (χ4v) is 8.42. The zero-order valence-corrected chi connectivity index (χ0v) is 17.8. The largest absolute Gasteiger partial charge is 0.395 e. The smallest absolute Gasteiger partial charge is 0.125 e. The molecule has 4 aliphatic carbocycles. The molecule has 2 nitrogen and oxygen atoms in total. The third-order valence-electron chi connectivity index (χ3n) is 9.97. The van der Waals surface area contributed by atoms with Gasteiger partial charge in [-0.3, -0.25) is 0 Å². The second-order valence-electron chi connectivity index (χ2n) is 10.9. The molecule has 4 saturated carbocycles. The summed E-state index contributed by atoms with van der Waals surface area (Å²) in [6.45, 7) is 7.68. The van der Waals surface area contributed by atoms with Gasteiger partial charge in [-0.05, 0) is 98.2 Å². The van der Waals surface area contributed by atoms with Gasteiger partial charge >= 0.3 is 0 Å². The molecule has 152 valence electrons. The van der Waals surface area contributed by atoms with E-state index < -0.39 is 5.60 Å². The van der Waals surface area contributed by atoms with Gasteiger partial charge in [-0.15, -0.1) is 0 Å². The molecule has 0 radical (unpaired) electrons. The zero-order chi connectivity index (χ0) is 19.3. The first-order valence-electron chi connectivity index (χ1n) is 11.7. The van der Waals surface area contributed by atoms with Gasteiger partial charge in [-0.2, -0.15) is 0 Å². The highest BCUT2D eigenvalue weighted by Crippen LogP contribution is 2.68. The van der Waals surface area contributed by atoms with E-state index in [1.807, 2.05) is 0 Å². The van der Waals surface area contributed by atoms with E-state index in [2.05, 4.69) is 32.6 Å². The Morgan fingerprint density at radius 2 is 1.70 bits per heavy atom. The molecular formula is C25H40O2. The molecule has 0 heterocycles. The van der Waals surface area contributed by atoms with Crippen molar-refractivity contribution in [2.24, 2.45) is 40.4 Å². The minimum absolute atomic E-state index is 0.0902. The lowest BCUT2D eigenvalue weighted by atomic mass is 9.44. The van der Waals surface area contributed by atoms with Gasteiger partial charge in [0.15, 0.2) is 0 Å². The van der Waals surface area contributed by atoms with Crippen LogP contribution >= 0.6 is 0 Å². The third-order valence-corrected chi connectivity index (χ3v) is 9.97. The standard InChI is InChI=1S/C25H40O2/c1-4-18-8-10-21-20-9-7-19-17-25(27,12-5-6-16-26)15-14-24(19,3)22(20)11-13-23(18,21)2/h18-22,26-27H,4,6-11,13-17H2,1-3H3/t18-,19+,20-,21-,22-,23+,24-,25+/m0/s1. The van der Waals surface area contributed by atoms with Crippen molar-refractivity contribution in [1.82, 2.24) is 0 Å². The van der Waals surface area contributed by atoms with Gasteiger partial charge in [0.1, 0.15) is 5.60 Å². The van der Waals surface area contributed by atoms with Gasteiger partial charge in [0.05, 0.1) is 6.61 Å². The summed E-state index contributed by atoms with van der Waals surface area (Å²) in [4.78, 5) is 0. The van der Waals surface area contributed by atoms with Crippen LogP contribution in [0, 0.1) is 52.3 Å². The number of aliphatic hydroxyl groups is 2. The first-order chi connectivity index (χ1) is 12.9. The Labute approximate surface area is 166 Å². The molecule has 0 spiro atoms. The lowest BCUT2D eigenvalue weighted by Crippen LogP contribution is -2.55. The minimum Gasteiger partial charge on any atom is -0.395 e. The SMILES string of the molecule is CC[C@H]1CC[C@H]2[C@@H]3CC[C@@H]4C[C@@](O)(C#CCCO)CC[C@]4(C)[C@H]3CC[C@]12C. The Kier molecular flexibility index (Phi) is 5.18.